The zero-order valence-electron chi connectivity index (χ0n) is 12.1. The van der Waals surface area contributed by atoms with Crippen LogP contribution >= 0.6 is 15.9 Å². The molecule has 0 aliphatic heterocycles. The fraction of sp³-hybridized carbons (Fsp3) is 0.294. The number of halogens is 3. The van der Waals surface area contributed by atoms with Gasteiger partial charge >= 0.3 is 0 Å². The fourth-order valence-electron chi connectivity index (χ4n) is 2.47. The molecule has 2 aromatic carbocycles. The van der Waals surface area contributed by atoms with Gasteiger partial charge < -0.3 is 5.32 Å². The highest BCUT2D eigenvalue weighted by Crippen LogP contribution is 2.28. The van der Waals surface area contributed by atoms with Crippen molar-refractivity contribution in [1.82, 2.24) is 5.32 Å². The van der Waals surface area contributed by atoms with Crippen molar-refractivity contribution in [1.29, 1.82) is 0 Å². The van der Waals surface area contributed by atoms with Crippen LogP contribution in [-0.2, 0) is 6.42 Å². The number of hydrogen-bond acceptors (Lipinski definition) is 1. The Morgan fingerprint density at radius 3 is 2.33 bits per heavy atom. The van der Waals surface area contributed by atoms with Gasteiger partial charge in [0, 0.05) is 16.1 Å². The van der Waals surface area contributed by atoms with Gasteiger partial charge in [0.25, 0.3) is 0 Å². The van der Waals surface area contributed by atoms with Crippen LogP contribution in [0.4, 0.5) is 8.78 Å². The lowest BCUT2D eigenvalue weighted by atomic mass is 9.95. The number of benzene rings is 2. The van der Waals surface area contributed by atoms with Crippen LogP contribution in [0.15, 0.2) is 40.9 Å². The second kappa shape index (κ2) is 7.14. The van der Waals surface area contributed by atoms with Gasteiger partial charge in [-0.3, -0.25) is 0 Å². The molecule has 0 aliphatic carbocycles. The summed E-state index contributed by atoms with van der Waals surface area (Å²) >= 11 is 3.11. The predicted octanol–water partition coefficient (Wildman–Crippen LogP) is 4.93. The Bertz CT molecular complexity index is 605. The zero-order chi connectivity index (χ0) is 15.4. The molecule has 0 saturated heterocycles. The molecule has 0 fully saturated rings. The van der Waals surface area contributed by atoms with Crippen molar-refractivity contribution in [2.75, 3.05) is 6.54 Å². The van der Waals surface area contributed by atoms with Gasteiger partial charge in [-0.25, -0.2) is 8.78 Å². The van der Waals surface area contributed by atoms with Gasteiger partial charge in [0.15, 0.2) is 0 Å². The highest BCUT2D eigenvalue weighted by atomic mass is 79.9. The topological polar surface area (TPSA) is 12.0 Å². The Morgan fingerprint density at radius 2 is 1.76 bits per heavy atom. The molecule has 2 aromatic rings. The Morgan fingerprint density at radius 1 is 1.14 bits per heavy atom. The lowest BCUT2D eigenvalue weighted by Crippen LogP contribution is -2.25. The first-order valence-electron chi connectivity index (χ1n) is 6.95. The van der Waals surface area contributed by atoms with Crippen molar-refractivity contribution in [3.05, 3.63) is 69.2 Å². The molecule has 0 aliphatic rings. The maximum atomic E-state index is 14.2. The number of aryl methyl sites for hydroxylation is 1. The first-order chi connectivity index (χ1) is 10.0. The van der Waals surface area contributed by atoms with Crippen LogP contribution in [0.3, 0.4) is 0 Å². The van der Waals surface area contributed by atoms with Crippen molar-refractivity contribution >= 4 is 15.9 Å². The Labute approximate surface area is 132 Å². The third kappa shape index (κ3) is 3.89. The van der Waals surface area contributed by atoms with E-state index in [0.717, 1.165) is 11.1 Å². The molecular weight excluding hydrogens is 336 g/mol. The SMILES string of the molecule is CCNC(Cc1ccccc1C)c1c(F)cc(Br)cc1F. The summed E-state index contributed by atoms with van der Waals surface area (Å²) in [6.07, 6.45) is 0.552. The van der Waals surface area contributed by atoms with Gasteiger partial charge in [-0.05, 0) is 43.1 Å². The number of nitrogens with one attached hydrogen (secondary N) is 1. The normalized spacial score (nSPS) is 12.4. The Balaban J connectivity index is 2.38. The Kier molecular flexibility index (Phi) is 5.48. The molecule has 0 saturated carbocycles. The molecule has 1 nitrogen and oxygen atoms in total. The summed E-state index contributed by atoms with van der Waals surface area (Å²) in [4.78, 5) is 0. The van der Waals surface area contributed by atoms with Crippen LogP contribution in [0.5, 0.6) is 0 Å². The molecule has 112 valence electrons. The number of hydrogen-bond donors (Lipinski definition) is 1. The van der Waals surface area contributed by atoms with Crippen LogP contribution in [0.25, 0.3) is 0 Å². The van der Waals surface area contributed by atoms with E-state index in [4.69, 9.17) is 0 Å². The minimum atomic E-state index is -0.526. The van der Waals surface area contributed by atoms with E-state index in [9.17, 15) is 8.78 Å². The third-order valence-electron chi connectivity index (χ3n) is 3.53. The second-order valence-corrected chi connectivity index (χ2v) is 5.94. The molecule has 0 amide bonds. The van der Waals surface area contributed by atoms with E-state index in [2.05, 4.69) is 21.2 Å². The average Bonchev–Trinajstić information content (AvgIpc) is 2.40. The summed E-state index contributed by atoms with van der Waals surface area (Å²) in [5, 5.41) is 3.18. The van der Waals surface area contributed by atoms with E-state index in [0.29, 0.717) is 17.4 Å². The quantitative estimate of drug-likeness (QED) is 0.803. The fourth-order valence-corrected chi connectivity index (χ4v) is 2.87. The maximum Gasteiger partial charge on any atom is 0.132 e. The van der Waals surface area contributed by atoms with Crippen LogP contribution in [0.2, 0.25) is 0 Å². The van der Waals surface area contributed by atoms with Gasteiger partial charge in [0.2, 0.25) is 0 Å². The van der Waals surface area contributed by atoms with E-state index in [1.807, 2.05) is 38.1 Å². The molecule has 1 atom stereocenters. The van der Waals surface area contributed by atoms with E-state index in [1.165, 1.54) is 12.1 Å². The van der Waals surface area contributed by atoms with Crippen LogP contribution in [0.1, 0.15) is 29.7 Å². The van der Waals surface area contributed by atoms with E-state index in [-0.39, 0.29) is 11.6 Å². The molecule has 2 rings (SSSR count). The van der Waals surface area contributed by atoms with E-state index < -0.39 is 11.6 Å². The molecule has 1 N–H and O–H groups in total. The standard InChI is InChI=1S/C17H18BrF2N/c1-3-21-16(8-12-7-5-4-6-11(12)2)17-14(19)9-13(18)10-15(17)20/h4-7,9-10,16,21H,3,8H2,1-2H3. The smallest absolute Gasteiger partial charge is 0.132 e. The van der Waals surface area contributed by atoms with Crippen molar-refractivity contribution in [3.63, 3.8) is 0 Å². The third-order valence-corrected chi connectivity index (χ3v) is 3.99. The lowest BCUT2D eigenvalue weighted by molar-refractivity contribution is 0.472. The summed E-state index contributed by atoms with van der Waals surface area (Å²) in [7, 11) is 0. The monoisotopic (exact) mass is 353 g/mol. The van der Waals surface area contributed by atoms with Gasteiger partial charge in [-0.2, -0.15) is 0 Å². The molecule has 0 radical (unpaired) electrons. The summed E-state index contributed by atoms with van der Waals surface area (Å²) in [6, 6.07) is 10.1. The minimum Gasteiger partial charge on any atom is -0.310 e. The van der Waals surface area contributed by atoms with Gasteiger partial charge in [-0.1, -0.05) is 47.1 Å². The van der Waals surface area contributed by atoms with Crippen molar-refractivity contribution in [2.45, 2.75) is 26.3 Å². The predicted molar refractivity (Wildman–Crippen MR) is 85.4 cm³/mol. The number of likely N-dealkylation sites (N-methyl/N-ethyl adjacent to an activating group) is 1. The van der Waals surface area contributed by atoms with Gasteiger partial charge in [0.1, 0.15) is 11.6 Å². The largest absolute Gasteiger partial charge is 0.310 e. The summed E-state index contributed by atoms with van der Waals surface area (Å²) < 4.78 is 28.8. The van der Waals surface area contributed by atoms with Gasteiger partial charge in [0.05, 0.1) is 0 Å². The molecule has 0 bridgehead atoms. The van der Waals surface area contributed by atoms with Crippen molar-refractivity contribution in [3.8, 4) is 0 Å². The minimum absolute atomic E-state index is 0.100. The zero-order valence-corrected chi connectivity index (χ0v) is 13.7. The molecule has 0 heterocycles. The highest BCUT2D eigenvalue weighted by molar-refractivity contribution is 9.10. The number of rotatable bonds is 5. The van der Waals surface area contributed by atoms with Crippen LogP contribution < -0.4 is 5.32 Å². The first kappa shape index (κ1) is 16.1. The van der Waals surface area contributed by atoms with Crippen molar-refractivity contribution < 1.29 is 8.78 Å². The molecule has 0 spiro atoms. The second-order valence-electron chi connectivity index (χ2n) is 5.02. The van der Waals surface area contributed by atoms with Gasteiger partial charge in [-0.15, -0.1) is 0 Å². The first-order valence-corrected chi connectivity index (χ1v) is 7.74. The van der Waals surface area contributed by atoms with Crippen LogP contribution in [-0.4, -0.2) is 6.54 Å². The average molecular weight is 354 g/mol. The molecule has 1 unspecified atom stereocenters. The van der Waals surface area contributed by atoms with Crippen LogP contribution in [0, 0.1) is 18.6 Å². The maximum absolute atomic E-state index is 14.2. The highest BCUT2D eigenvalue weighted by Gasteiger charge is 2.21. The lowest BCUT2D eigenvalue weighted by Gasteiger charge is -2.21. The van der Waals surface area contributed by atoms with E-state index in [1.54, 1.807) is 0 Å². The Hall–Kier alpha value is -1.26. The van der Waals surface area contributed by atoms with E-state index >= 15 is 0 Å². The summed E-state index contributed by atoms with van der Waals surface area (Å²) in [6.45, 7) is 4.58. The molecular formula is C17H18BrF2N. The summed E-state index contributed by atoms with van der Waals surface area (Å²) in [5.74, 6) is -1.05. The molecule has 21 heavy (non-hydrogen) atoms. The summed E-state index contributed by atoms with van der Waals surface area (Å²) in [5.41, 5.74) is 2.31. The molecule has 0 aromatic heterocycles. The van der Waals surface area contributed by atoms with Crippen molar-refractivity contribution in [2.24, 2.45) is 0 Å². The molecule has 4 heteroatoms.